The SMILES string of the molecule is Cc1ccccc1CC1CC(C)CCC1=O. The zero-order valence-corrected chi connectivity index (χ0v) is 10.2. The number of ketones is 1. The van der Waals surface area contributed by atoms with E-state index in [0.717, 1.165) is 25.7 Å². The minimum atomic E-state index is 0.268. The van der Waals surface area contributed by atoms with E-state index in [1.54, 1.807) is 0 Å². The van der Waals surface area contributed by atoms with Crippen molar-refractivity contribution in [1.82, 2.24) is 0 Å². The van der Waals surface area contributed by atoms with Crippen LogP contribution in [0.3, 0.4) is 0 Å². The van der Waals surface area contributed by atoms with Crippen LogP contribution in [-0.4, -0.2) is 5.78 Å². The summed E-state index contributed by atoms with van der Waals surface area (Å²) in [5.74, 6) is 1.46. The molecule has 1 fully saturated rings. The van der Waals surface area contributed by atoms with Gasteiger partial charge in [-0.25, -0.2) is 0 Å². The number of rotatable bonds is 2. The average molecular weight is 216 g/mol. The first kappa shape index (κ1) is 11.4. The molecule has 0 amide bonds. The maximum absolute atomic E-state index is 11.9. The average Bonchev–Trinajstić information content (AvgIpc) is 2.27. The number of carbonyl (C=O) groups excluding carboxylic acids is 1. The monoisotopic (exact) mass is 216 g/mol. The first-order valence-electron chi connectivity index (χ1n) is 6.24. The van der Waals surface area contributed by atoms with Crippen molar-refractivity contribution in [2.75, 3.05) is 0 Å². The molecule has 1 aromatic carbocycles. The summed E-state index contributed by atoms with van der Waals surface area (Å²) in [6.45, 7) is 4.39. The van der Waals surface area contributed by atoms with E-state index in [2.05, 4.69) is 38.1 Å². The molecule has 2 atom stereocenters. The topological polar surface area (TPSA) is 17.1 Å². The standard InChI is InChI=1S/C15H20O/c1-11-7-8-15(16)14(9-11)10-13-6-4-3-5-12(13)2/h3-6,11,14H,7-10H2,1-2H3. The van der Waals surface area contributed by atoms with Crippen LogP contribution in [0.5, 0.6) is 0 Å². The van der Waals surface area contributed by atoms with Gasteiger partial charge in [-0.2, -0.15) is 0 Å². The summed E-state index contributed by atoms with van der Waals surface area (Å²) < 4.78 is 0. The molecule has 1 heteroatoms. The molecule has 0 N–H and O–H groups in total. The summed E-state index contributed by atoms with van der Waals surface area (Å²) in [6.07, 6.45) is 3.89. The van der Waals surface area contributed by atoms with Crippen LogP contribution in [0.1, 0.15) is 37.3 Å². The maximum Gasteiger partial charge on any atom is 0.136 e. The first-order valence-corrected chi connectivity index (χ1v) is 6.24. The molecule has 0 saturated heterocycles. The Morgan fingerprint density at radius 1 is 1.31 bits per heavy atom. The molecule has 2 unspecified atom stereocenters. The highest BCUT2D eigenvalue weighted by molar-refractivity contribution is 5.82. The van der Waals surface area contributed by atoms with Gasteiger partial charge in [0.15, 0.2) is 0 Å². The van der Waals surface area contributed by atoms with Gasteiger partial charge < -0.3 is 0 Å². The fourth-order valence-electron chi connectivity index (χ4n) is 2.63. The van der Waals surface area contributed by atoms with E-state index < -0.39 is 0 Å². The van der Waals surface area contributed by atoms with Crippen LogP contribution in [0.25, 0.3) is 0 Å². The number of benzene rings is 1. The van der Waals surface area contributed by atoms with Crippen molar-refractivity contribution in [2.45, 2.75) is 39.5 Å². The Bertz CT molecular complexity index is 381. The predicted octanol–water partition coefficient (Wildman–Crippen LogP) is 3.54. The quantitative estimate of drug-likeness (QED) is 0.739. The fourth-order valence-corrected chi connectivity index (χ4v) is 2.63. The third-order valence-corrected chi connectivity index (χ3v) is 3.75. The number of hydrogen-bond acceptors (Lipinski definition) is 1. The molecule has 0 bridgehead atoms. The molecular formula is C15H20O. The lowest BCUT2D eigenvalue weighted by atomic mass is 9.78. The lowest BCUT2D eigenvalue weighted by Gasteiger charge is -2.26. The van der Waals surface area contributed by atoms with Crippen molar-refractivity contribution < 1.29 is 4.79 Å². The van der Waals surface area contributed by atoms with Gasteiger partial charge in [0.2, 0.25) is 0 Å². The number of carbonyl (C=O) groups is 1. The molecule has 1 aromatic rings. The fraction of sp³-hybridized carbons (Fsp3) is 0.533. The Balaban J connectivity index is 2.09. The summed E-state index contributed by atoms with van der Waals surface area (Å²) in [7, 11) is 0. The highest BCUT2D eigenvalue weighted by Gasteiger charge is 2.26. The Kier molecular flexibility index (Phi) is 3.42. The van der Waals surface area contributed by atoms with Crippen molar-refractivity contribution in [2.24, 2.45) is 11.8 Å². The Labute approximate surface area is 97.9 Å². The van der Waals surface area contributed by atoms with Crippen LogP contribution in [0.2, 0.25) is 0 Å². The number of aryl methyl sites for hydroxylation is 1. The summed E-state index contributed by atoms with van der Waals surface area (Å²) >= 11 is 0. The second-order valence-corrected chi connectivity index (χ2v) is 5.17. The van der Waals surface area contributed by atoms with E-state index in [9.17, 15) is 4.79 Å². The summed E-state index contributed by atoms with van der Waals surface area (Å²) in [5, 5.41) is 0. The van der Waals surface area contributed by atoms with Crippen LogP contribution in [0, 0.1) is 18.8 Å². The van der Waals surface area contributed by atoms with E-state index in [0.29, 0.717) is 11.7 Å². The van der Waals surface area contributed by atoms with Crippen LogP contribution >= 0.6 is 0 Å². The van der Waals surface area contributed by atoms with Crippen molar-refractivity contribution in [3.63, 3.8) is 0 Å². The third kappa shape index (κ3) is 2.52. The zero-order valence-electron chi connectivity index (χ0n) is 10.2. The molecule has 0 spiro atoms. The van der Waals surface area contributed by atoms with Gasteiger partial charge in [-0.15, -0.1) is 0 Å². The Morgan fingerprint density at radius 3 is 2.81 bits per heavy atom. The van der Waals surface area contributed by atoms with Gasteiger partial charge in [-0.1, -0.05) is 31.2 Å². The highest BCUT2D eigenvalue weighted by atomic mass is 16.1. The number of hydrogen-bond donors (Lipinski definition) is 0. The maximum atomic E-state index is 11.9. The molecule has 1 saturated carbocycles. The Morgan fingerprint density at radius 2 is 2.06 bits per heavy atom. The van der Waals surface area contributed by atoms with Crippen molar-refractivity contribution in [3.05, 3.63) is 35.4 Å². The van der Waals surface area contributed by atoms with Crippen LogP contribution in [0.4, 0.5) is 0 Å². The summed E-state index contributed by atoms with van der Waals surface area (Å²) in [5.41, 5.74) is 2.66. The lowest BCUT2D eigenvalue weighted by molar-refractivity contribution is -0.125. The van der Waals surface area contributed by atoms with Gasteiger partial charge in [0, 0.05) is 12.3 Å². The van der Waals surface area contributed by atoms with E-state index in [-0.39, 0.29) is 5.92 Å². The molecule has 16 heavy (non-hydrogen) atoms. The molecular weight excluding hydrogens is 196 g/mol. The second kappa shape index (κ2) is 4.82. The summed E-state index contributed by atoms with van der Waals surface area (Å²) in [6, 6.07) is 8.41. The summed E-state index contributed by atoms with van der Waals surface area (Å²) in [4.78, 5) is 11.9. The second-order valence-electron chi connectivity index (χ2n) is 5.17. The molecule has 1 nitrogen and oxygen atoms in total. The molecule has 1 aliphatic carbocycles. The largest absolute Gasteiger partial charge is 0.299 e. The van der Waals surface area contributed by atoms with E-state index >= 15 is 0 Å². The van der Waals surface area contributed by atoms with Crippen molar-refractivity contribution in [1.29, 1.82) is 0 Å². The van der Waals surface area contributed by atoms with Crippen molar-refractivity contribution in [3.8, 4) is 0 Å². The smallest absolute Gasteiger partial charge is 0.136 e. The molecule has 0 aromatic heterocycles. The van der Waals surface area contributed by atoms with Gasteiger partial charge in [0.1, 0.15) is 5.78 Å². The van der Waals surface area contributed by atoms with Gasteiger partial charge >= 0.3 is 0 Å². The van der Waals surface area contributed by atoms with Crippen LogP contribution < -0.4 is 0 Å². The molecule has 86 valence electrons. The lowest BCUT2D eigenvalue weighted by Crippen LogP contribution is -2.25. The van der Waals surface area contributed by atoms with Gasteiger partial charge in [-0.3, -0.25) is 4.79 Å². The van der Waals surface area contributed by atoms with Gasteiger partial charge in [-0.05, 0) is 43.2 Å². The zero-order chi connectivity index (χ0) is 11.5. The van der Waals surface area contributed by atoms with Crippen molar-refractivity contribution >= 4 is 5.78 Å². The normalized spacial score (nSPS) is 25.8. The Hall–Kier alpha value is -1.11. The van der Waals surface area contributed by atoms with E-state index in [4.69, 9.17) is 0 Å². The predicted molar refractivity (Wildman–Crippen MR) is 66.4 cm³/mol. The van der Waals surface area contributed by atoms with E-state index in [1.165, 1.54) is 11.1 Å². The highest BCUT2D eigenvalue weighted by Crippen LogP contribution is 2.29. The minimum absolute atomic E-state index is 0.268. The van der Waals surface area contributed by atoms with Crippen LogP contribution in [-0.2, 0) is 11.2 Å². The first-order chi connectivity index (χ1) is 7.66. The molecule has 1 aliphatic rings. The number of Topliss-reactive ketones (excluding diaryl/α,β-unsaturated/α-hetero) is 1. The van der Waals surface area contributed by atoms with Gasteiger partial charge in [0.05, 0.1) is 0 Å². The molecule has 0 heterocycles. The molecule has 0 aliphatic heterocycles. The van der Waals surface area contributed by atoms with Crippen LogP contribution in [0.15, 0.2) is 24.3 Å². The minimum Gasteiger partial charge on any atom is -0.299 e. The third-order valence-electron chi connectivity index (χ3n) is 3.75. The molecule has 0 radical (unpaired) electrons. The van der Waals surface area contributed by atoms with Gasteiger partial charge in [0.25, 0.3) is 0 Å². The molecule has 2 rings (SSSR count). The van der Waals surface area contributed by atoms with E-state index in [1.807, 2.05) is 0 Å².